The Balaban J connectivity index is 1.43. The number of para-hydroxylation sites is 3. The number of aromatic nitrogens is 1. The number of nitrogens with zero attached hydrogens (tertiary/aromatic N) is 2. The fraction of sp³-hybridized carbons (Fsp3) is 0.138. The van der Waals surface area contributed by atoms with Crippen LogP contribution in [0.5, 0.6) is 5.75 Å². The van der Waals surface area contributed by atoms with Crippen molar-refractivity contribution in [1.82, 2.24) is 9.88 Å². The molecular formula is C29H25N3O4S. The normalized spacial score (nSPS) is 15.6. The summed E-state index contributed by atoms with van der Waals surface area (Å²) in [6.07, 6.45) is 4.46. The molecule has 1 saturated heterocycles. The topological polar surface area (TPSA) is 84.0 Å². The van der Waals surface area contributed by atoms with E-state index in [1.807, 2.05) is 72.9 Å². The number of rotatable bonds is 8. The number of esters is 1. The minimum Gasteiger partial charge on any atom is -0.481 e. The SMILES string of the molecule is COC(=O)COc1ccccc1/C=C1\SC(=Nc2ccccc2)N(CCc2c[nH]c3ccccc23)C1=O. The molecule has 0 spiro atoms. The number of amides is 1. The van der Waals surface area contributed by atoms with E-state index in [4.69, 9.17) is 9.73 Å². The number of benzene rings is 3. The molecule has 186 valence electrons. The largest absolute Gasteiger partial charge is 0.481 e. The van der Waals surface area contributed by atoms with Crippen LogP contribution in [0.25, 0.3) is 17.0 Å². The number of carbonyl (C=O) groups is 2. The van der Waals surface area contributed by atoms with Gasteiger partial charge in [0, 0.05) is 29.2 Å². The lowest BCUT2D eigenvalue weighted by atomic mass is 10.1. The van der Waals surface area contributed by atoms with Gasteiger partial charge < -0.3 is 14.5 Å². The molecule has 3 aromatic carbocycles. The number of methoxy groups -OCH3 is 1. The smallest absolute Gasteiger partial charge is 0.343 e. The first kappa shape index (κ1) is 24.4. The first-order valence-electron chi connectivity index (χ1n) is 11.8. The van der Waals surface area contributed by atoms with Crippen LogP contribution in [-0.2, 0) is 20.7 Å². The highest BCUT2D eigenvalue weighted by Crippen LogP contribution is 2.36. The zero-order chi connectivity index (χ0) is 25.6. The lowest BCUT2D eigenvalue weighted by Crippen LogP contribution is -2.31. The van der Waals surface area contributed by atoms with Crippen LogP contribution in [0, 0.1) is 0 Å². The molecule has 1 amide bonds. The van der Waals surface area contributed by atoms with E-state index in [-0.39, 0.29) is 12.5 Å². The Labute approximate surface area is 218 Å². The summed E-state index contributed by atoms with van der Waals surface area (Å²) in [4.78, 5) is 35.5. The number of aliphatic imine (C=N–C) groups is 1. The average molecular weight is 512 g/mol. The highest BCUT2D eigenvalue weighted by atomic mass is 32.2. The molecular weight excluding hydrogens is 486 g/mol. The molecule has 0 unspecified atom stereocenters. The highest BCUT2D eigenvalue weighted by molar-refractivity contribution is 8.18. The Morgan fingerprint density at radius 1 is 1.03 bits per heavy atom. The number of ether oxygens (including phenoxy) is 2. The third-order valence-corrected chi connectivity index (χ3v) is 6.93. The van der Waals surface area contributed by atoms with Crippen LogP contribution >= 0.6 is 11.8 Å². The third-order valence-electron chi connectivity index (χ3n) is 5.93. The van der Waals surface area contributed by atoms with E-state index < -0.39 is 5.97 Å². The molecule has 1 fully saturated rings. The first-order chi connectivity index (χ1) is 18.1. The van der Waals surface area contributed by atoms with Crippen molar-refractivity contribution in [3.8, 4) is 5.75 Å². The maximum atomic E-state index is 13.6. The van der Waals surface area contributed by atoms with E-state index in [0.717, 1.165) is 22.2 Å². The van der Waals surface area contributed by atoms with Crippen molar-refractivity contribution < 1.29 is 19.1 Å². The molecule has 7 nitrogen and oxygen atoms in total. The van der Waals surface area contributed by atoms with E-state index in [0.29, 0.717) is 34.4 Å². The molecule has 1 N–H and O–H groups in total. The van der Waals surface area contributed by atoms with Gasteiger partial charge in [-0.05, 0) is 54.1 Å². The summed E-state index contributed by atoms with van der Waals surface area (Å²) >= 11 is 1.33. The number of amidine groups is 1. The molecule has 0 bridgehead atoms. The van der Waals surface area contributed by atoms with E-state index in [2.05, 4.69) is 15.8 Å². The number of hydrogen-bond donors (Lipinski definition) is 1. The van der Waals surface area contributed by atoms with E-state index in [1.54, 1.807) is 17.0 Å². The third kappa shape index (κ3) is 5.59. The molecule has 8 heteroatoms. The molecule has 1 aliphatic rings. The van der Waals surface area contributed by atoms with Crippen molar-refractivity contribution in [3.05, 3.63) is 101 Å². The minimum absolute atomic E-state index is 0.123. The fourth-order valence-corrected chi connectivity index (χ4v) is 5.06. The van der Waals surface area contributed by atoms with E-state index >= 15 is 0 Å². The van der Waals surface area contributed by atoms with E-state index in [9.17, 15) is 9.59 Å². The van der Waals surface area contributed by atoms with Gasteiger partial charge in [0.05, 0.1) is 17.7 Å². The van der Waals surface area contributed by atoms with Crippen molar-refractivity contribution >= 4 is 51.5 Å². The summed E-state index contributed by atoms with van der Waals surface area (Å²) in [5, 5.41) is 1.77. The van der Waals surface area contributed by atoms with Gasteiger partial charge in [0.2, 0.25) is 0 Å². The van der Waals surface area contributed by atoms with Gasteiger partial charge in [0.25, 0.3) is 5.91 Å². The number of fused-ring (bicyclic) bond motifs is 1. The Morgan fingerprint density at radius 3 is 2.62 bits per heavy atom. The summed E-state index contributed by atoms with van der Waals surface area (Å²) in [6, 6.07) is 25.0. The summed E-state index contributed by atoms with van der Waals surface area (Å²) in [6.45, 7) is 0.270. The summed E-state index contributed by atoms with van der Waals surface area (Å²) in [5.74, 6) is -0.107. The van der Waals surface area contributed by atoms with Crippen molar-refractivity contribution in [3.63, 3.8) is 0 Å². The van der Waals surface area contributed by atoms with Gasteiger partial charge in [-0.3, -0.25) is 9.69 Å². The predicted octanol–water partition coefficient (Wildman–Crippen LogP) is 5.57. The van der Waals surface area contributed by atoms with Gasteiger partial charge in [-0.2, -0.15) is 0 Å². The monoisotopic (exact) mass is 511 g/mol. The summed E-state index contributed by atoms with van der Waals surface area (Å²) in [7, 11) is 1.31. The Hall–Kier alpha value is -4.30. The van der Waals surface area contributed by atoms with E-state index in [1.165, 1.54) is 18.9 Å². The summed E-state index contributed by atoms with van der Waals surface area (Å²) < 4.78 is 10.3. The van der Waals surface area contributed by atoms with Gasteiger partial charge in [0.1, 0.15) is 5.75 Å². The molecule has 0 aliphatic carbocycles. The van der Waals surface area contributed by atoms with Gasteiger partial charge in [-0.1, -0.05) is 54.6 Å². The number of nitrogens with one attached hydrogen (secondary N) is 1. The highest BCUT2D eigenvalue weighted by Gasteiger charge is 2.33. The van der Waals surface area contributed by atoms with Crippen LogP contribution in [0.2, 0.25) is 0 Å². The quantitative estimate of drug-likeness (QED) is 0.247. The Kier molecular flexibility index (Phi) is 7.37. The first-order valence-corrected chi connectivity index (χ1v) is 12.6. The maximum absolute atomic E-state index is 13.6. The average Bonchev–Trinajstić information content (AvgIpc) is 3.47. The molecule has 5 rings (SSSR count). The Bertz CT molecular complexity index is 1490. The van der Waals surface area contributed by atoms with Gasteiger partial charge in [-0.25, -0.2) is 9.79 Å². The zero-order valence-electron chi connectivity index (χ0n) is 20.2. The molecule has 37 heavy (non-hydrogen) atoms. The van der Waals surface area contributed by atoms with Gasteiger partial charge >= 0.3 is 5.97 Å². The van der Waals surface area contributed by atoms with Crippen LogP contribution < -0.4 is 4.74 Å². The second-order valence-electron chi connectivity index (χ2n) is 8.31. The molecule has 0 atom stereocenters. The lowest BCUT2D eigenvalue weighted by Gasteiger charge is -2.15. The maximum Gasteiger partial charge on any atom is 0.343 e. The molecule has 1 aliphatic heterocycles. The van der Waals surface area contributed by atoms with Crippen molar-refractivity contribution in [2.45, 2.75) is 6.42 Å². The predicted molar refractivity (Wildman–Crippen MR) is 147 cm³/mol. The molecule has 0 saturated carbocycles. The zero-order valence-corrected chi connectivity index (χ0v) is 21.0. The number of thioether (sulfide) groups is 1. The minimum atomic E-state index is -0.477. The van der Waals surface area contributed by atoms with Gasteiger partial charge in [0.15, 0.2) is 11.8 Å². The Morgan fingerprint density at radius 2 is 1.78 bits per heavy atom. The fourth-order valence-electron chi connectivity index (χ4n) is 4.04. The number of H-pyrrole nitrogens is 1. The second kappa shape index (κ2) is 11.2. The molecule has 4 aromatic rings. The molecule has 0 radical (unpaired) electrons. The number of carbonyl (C=O) groups excluding carboxylic acids is 2. The van der Waals surface area contributed by atoms with Crippen LogP contribution in [0.3, 0.4) is 0 Å². The van der Waals surface area contributed by atoms with Crippen molar-refractivity contribution in [2.75, 3.05) is 20.3 Å². The molecule has 2 heterocycles. The number of hydrogen-bond acceptors (Lipinski definition) is 6. The standard InChI is InChI=1S/C29H25N3O4S/c1-35-27(33)19-36-25-14-8-5-9-20(25)17-26-28(34)32(29(37-26)31-22-10-3-2-4-11-22)16-15-21-18-30-24-13-7-6-12-23(21)24/h2-14,17-18,30H,15-16,19H2,1H3/b26-17-,31-29?. The summed E-state index contributed by atoms with van der Waals surface area (Å²) in [5.41, 5.74) is 3.69. The van der Waals surface area contributed by atoms with Crippen LogP contribution in [0.1, 0.15) is 11.1 Å². The van der Waals surface area contributed by atoms with Crippen molar-refractivity contribution in [1.29, 1.82) is 0 Å². The second-order valence-corrected chi connectivity index (χ2v) is 9.32. The van der Waals surface area contributed by atoms with Crippen molar-refractivity contribution in [2.24, 2.45) is 4.99 Å². The van der Waals surface area contributed by atoms with Crippen LogP contribution in [0.4, 0.5) is 5.69 Å². The number of aromatic amines is 1. The van der Waals surface area contributed by atoms with Crippen LogP contribution in [0.15, 0.2) is 95.0 Å². The van der Waals surface area contributed by atoms with Gasteiger partial charge in [-0.15, -0.1) is 0 Å². The lowest BCUT2D eigenvalue weighted by molar-refractivity contribution is -0.142. The molecule has 1 aromatic heterocycles. The van der Waals surface area contributed by atoms with Crippen LogP contribution in [-0.4, -0.2) is 47.2 Å².